The van der Waals surface area contributed by atoms with Gasteiger partial charge in [-0.15, -0.1) is 0 Å². The van der Waals surface area contributed by atoms with Crippen LogP contribution >= 0.6 is 11.6 Å². The lowest BCUT2D eigenvalue weighted by molar-refractivity contribution is 0.221. The van der Waals surface area contributed by atoms with Crippen LogP contribution in [0.2, 0.25) is 5.02 Å². The number of hydrogen-bond donors (Lipinski definition) is 1. The first-order valence-corrected chi connectivity index (χ1v) is 8.24. The quantitative estimate of drug-likeness (QED) is 0.820. The van der Waals surface area contributed by atoms with Gasteiger partial charge in [-0.1, -0.05) is 37.6 Å². The van der Waals surface area contributed by atoms with Gasteiger partial charge in [-0.2, -0.15) is 0 Å². The number of nitrogens with one attached hydrogen (secondary N) is 1. The van der Waals surface area contributed by atoms with Crippen LogP contribution < -0.4 is 5.32 Å². The van der Waals surface area contributed by atoms with Crippen molar-refractivity contribution in [3.8, 4) is 0 Å². The molecule has 2 rings (SSSR count). The van der Waals surface area contributed by atoms with E-state index in [1.807, 2.05) is 12.1 Å². The molecule has 0 bridgehead atoms. The molecule has 1 aromatic carbocycles. The maximum atomic E-state index is 5.93. The van der Waals surface area contributed by atoms with Gasteiger partial charge < -0.3 is 10.2 Å². The van der Waals surface area contributed by atoms with Gasteiger partial charge in [0.15, 0.2) is 0 Å². The average molecular weight is 295 g/mol. The van der Waals surface area contributed by atoms with Gasteiger partial charge >= 0.3 is 0 Å². The van der Waals surface area contributed by atoms with Crippen molar-refractivity contribution in [2.24, 2.45) is 0 Å². The first kappa shape index (κ1) is 15.8. The summed E-state index contributed by atoms with van der Waals surface area (Å²) in [6.45, 7) is 10.2. The van der Waals surface area contributed by atoms with E-state index in [4.69, 9.17) is 11.6 Å². The van der Waals surface area contributed by atoms with Crippen molar-refractivity contribution in [3.63, 3.8) is 0 Å². The minimum Gasteiger partial charge on any atom is -0.310 e. The van der Waals surface area contributed by atoms with E-state index in [0.717, 1.165) is 24.7 Å². The summed E-state index contributed by atoms with van der Waals surface area (Å²) in [4.78, 5) is 2.48. The third-order valence-corrected chi connectivity index (χ3v) is 4.68. The fourth-order valence-corrected chi connectivity index (χ4v) is 3.21. The summed E-state index contributed by atoms with van der Waals surface area (Å²) >= 11 is 5.93. The Kier molecular flexibility index (Phi) is 5.88. The van der Waals surface area contributed by atoms with E-state index in [2.05, 4.69) is 43.1 Å². The third kappa shape index (κ3) is 4.21. The monoisotopic (exact) mass is 294 g/mol. The Morgan fingerprint density at radius 1 is 1.20 bits per heavy atom. The molecule has 1 saturated carbocycles. The van der Waals surface area contributed by atoms with Gasteiger partial charge in [-0.3, -0.25) is 0 Å². The van der Waals surface area contributed by atoms with Crippen molar-refractivity contribution in [2.45, 2.75) is 51.6 Å². The van der Waals surface area contributed by atoms with Crippen LogP contribution in [0, 0.1) is 0 Å². The molecular weight excluding hydrogens is 268 g/mol. The number of hydrogen-bond acceptors (Lipinski definition) is 2. The van der Waals surface area contributed by atoms with Gasteiger partial charge in [0.05, 0.1) is 0 Å². The van der Waals surface area contributed by atoms with Crippen LogP contribution in [-0.2, 0) is 0 Å². The Morgan fingerprint density at radius 3 is 2.35 bits per heavy atom. The standard InChI is InChI=1S/C17H27ClN2/c1-4-20(5-2)12-13(3)19-17-10-15(11-17)14-6-8-16(18)9-7-14/h6-9,13,15,17,19H,4-5,10-12H2,1-3H3. The topological polar surface area (TPSA) is 15.3 Å². The first-order valence-electron chi connectivity index (χ1n) is 7.86. The summed E-state index contributed by atoms with van der Waals surface area (Å²) in [7, 11) is 0. The van der Waals surface area contributed by atoms with Crippen LogP contribution in [0.5, 0.6) is 0 Å². The van der Waals surface area contributed by atoms with Crippen molar-refractivity contribution in [1.82, 2.24) is 10.2 Å². The van der Waals surface area contributed by atoms with E-state index in [0.29, 0.717) is 18.0 Å². The second kappa shape index (κ2) is 7.44. The SMILES string of the molecule is CCN(CC)CC(C)NC1CC(c2ccc(Cl)cc2)C1. The molecule has 3 heteroatoms. The first-order chi connectivity index (χ1) is 9.62. The Balaban J connectivity index is 1.72. The number of halogens is 1. The normalized spacial score (nSPS) is 23.6. The molecular formula is C17H27ClN2. The smallest absolute Gasteiger partial charge is 0.0406 e. The zero-order valence-electron chi connectivity index (χ0n) is 12.9. The molecule has 0 aromatic heterocycles. The van der Waals surface area contributed by atoms with E-state index < -0.39 is 0 Å². The molecule has 0 spiro atoms. The third-order valence-electron chi connectivity index (χ3n) is 4.43. The maximum absolute atomic E-state index is 5.93. The number of benzene rings is 1. The highest BCUT2D eigenvalue weighted by atomic mass is 35.5. The van der Waals surface area contributed by atoms with E-state index in [-0.39, 0.29) is 0 Å². The second-order valence-corrected chi connectivity index (χ2v) is 6.41. The molecule has 0 radical (unpaired) electrons. The van der Waals surface area contributed by atoms with E-state index in [1.54, 1.807) is 0 Å². The van der Waals surface area contributed by atoms with Gasteiger partial charge in [0.2, 0.25) is 0 Å². The van der Waals surface area contributed by atoms with Gasteiger partial charge in [-0.25, -0.2) is 0 Å². The molecule has 1 unspecified atom stereocenters. The molecule has 0 heterocycles. The van der Waals surface area contributed by atoms with Gasteiger partial charge in [0.25, 0.3) is 0 Å². The Labute approximate surface area is 128 Å². The molecule has 0 amide bonds. The van der Waals surface area contributed by atoms with Crippen LogP contribution in [0.3, 0.4) is 0 Å². The predicted molar refractivity (Wildman–Crippen MR) is 87.6 cm³/mol. The summed E-state index contributed by atoms with van der Waals surface area (Å²) in [6, 6.07) is 9.60. The second-order valence-electron chi connectivity index (χ2n) is 5.97. The molecule has 20 heavy (non-hydrogen) atoms. The average Bonchev–Trinajstić information content (AvgIpc) is 2.41. The molecule has 0 aliphatic heterocycles. The summed E-state index contributed by atoms with van der Waals surface area (Å²) in [5, 5.41) is 4.59. The molecule has 1 aliphatic carbocycles. The summed E-state index contributed by atoms with van der Waals surface area (Å²) in [5.41, 5.74) is 1.43. The van der Waals surface area contributed by atoms with Gasteiger partial charge in [0.1, 0.15) is 0 Å². The highest BCUT2D eigenvalue weighted by molar-refractivity contribution is 6.30. The van der Waals surface area contributed by atoms with Crippen LogP contribution in [0.25, 0.3) is 0 Å². The molecule has 1 aliphatic rings. The largest absolute Gasteiger partial charge is 0.310 e. The highest BCUT2D eigenvalue weighted by Gasteiger charge is 2.30. The molecule has 1 aromatic rings. The maximum Gasteiger partial charge on any atom is 0.0406 e. The van der Waals surface area contributed by atoms with E-state index in [9.17, 15) is 0 Å². The molecule has 2 nitrogen and oxygen atoms in total. The van der Waals surface area contributed by atoms with Crippen molar-refractivity contribution in [2.75, 3.05) is 19.6 Å². The fourth-order valence-electron chi connectivity index (χ4n) is 3.09. The fraction of sp³-hybridized carbons (Fsp3) is 0.647. The van der Waals surface area contributed by atoms with Crippen LogP contribution in [-0.4, -0.2) is 36.6 Å². The van der Waals surface area contributed by atoms with E-state index in [1.165, 1.54) is 18.4 Å². The summed E-state index contributed by atoms with van der Waals surface area (Å²) < 4.78 is 0. The zero-order chi connectivity index (χ0) is 14.5. The number of likely N-dealkylation sites (N-methyl/N-ethyl adjacent to an activating group) is 1. The van der Waals surface area contributed by atoms with Crippen LogP contribution in [0.4, 0.5) is 0 Å². The molecule has 0 saturated heterocycles. The van der Waals surface area contributed by atoms with Gasteiger partial charge in [-0.05, 0) is 56.5 Å². The summed E-state index contributed by atoms with van der Waals surface area (Å²) in [5.74, 6) is 0.713. The minimum absolute atomic E-state index is 0.575. The van der Waals surface area contributed by atoms with Crippen molar-refractivity contribution < 1.29 is 0 Å². The molecule has 1 fully saturated rings. The molecule has 1 N–H and O–H groups in total. The van der Waals surface area contributed by atoms with Crippen LogP contribution in [0.1, 0.15) is 45.1 Å². The Hall–Kier alpha value is -0.570. The minimum atomic E-state index is 0.575. The Bertz CT molecular complexity index is 394. The number of nitrogens with zero attached hydrogens (tertiary/aromatic N) is 1. The number of rotatable bonds is 7. The van der Waals surface area contributed by atoms with Gasteiger partial charge in [0, 0.05) is 23.7 Å². The predicted octanol–water partition coefficient (Wildman–Crippen LogP) is 3.91. The van der Waals surface area contributed by atoms with Crippen molar-refractivity contribution >= 4 is 11.6 Å². The van der Waals surface area contributed by atoms with Crippen molar-refractivity contribution in [3.05, 3.63) is 34.9 Å². The zero-order valence-corrected chi connectivity index (χ0v) is 13.7. The lowest BCUT2D eigenvalue weighted by Crippen LogP contribution is -2.48. The van der Waals surface area contributed by atoms with Crippen LogP contribution in [0.15, 0.2) is 24.3 Å². The van der Waals surface area contributed by atoms with Crippen molar-refractivity contribution in [1.29, 1.82) is 0 Å². The lowest BCUT2D eigenvalue weighted by Gasteiger charge is -2.39. The van der Waals surface area contributed by atoms with E-state index >= 15 is 0 Å². The Morgan fingerprint density at radius 2 is 1.80 bits per heavy atom. The molecule has 112 valence electrons. The lowest BCUT2D eigenvalue weighted by atomic mass is 9.75. The molecule has 1 atom stereocenters. The summed E-state index contributed by atoms with van der Waals surface area (Å²) in [6.07, 6.45) is 2.51. The highest BCUT2D eigenvalue weighted by Crippen LogP contribution is 2.37.